The summed E-state index contributed by atoms with van der Waals surface area (Å²) in [7, 11) is 0. The average Bonchev–Trinajstić information content (AvgIpc) is 2.29. The lowest BCUT2D eigenvalue weighted by Crippen LogP contribution is -2.28. The highest BCUT2D eigenvalue weighted by Gasteiger charge is 2.18. The van der Waals surface area contributed by atoms with E-state index in [0.717, 1.165) is 25.0 Å². The van der Waals surface area contributed by atoms with Gasteiger partial charge in [-0.2, -0.15) is 0 Å². The van der Waals surface area contributed by atoms with Gasteiger partial charge in [-0.15, -0.1) is 0 Å². The number of ether oxygens (including phenoxy) is 1. The Morgan fingerprint density at radius 1 is 1.07 bits per heavy atom. The van der Waals surface area contributed by atoms with Crippen molar-refractivity contribution in [3.63, 3.8) is 0 Å². The summed E-state index contributed by atoms with van der Waals surface area (Å²) in [5.74, 6) is 1.80. The molecule has 2 nitrogen and oxygen atoms in total. The third kappa shape index (κ3) is 3.25. The predicted molar refractivity (Wildman–Crippen MR) is 58.1 cm³/mol. The van der Waals surface area contributed by atoms with Crippen molar-refractivity contribution in [2.45, 2.75) is 32.1 Å². The van der Waals surface area contributed by atoms with Crippen molar-refractivity contribution in [1.29, 1.82) is 0 Å². The van der Waals surface area contributed by atoms with Crippen LogP contribution in [0.1, 0.15) is 32.1 Å². The fourth-order valence-corrected chi connectivity index (χ4v) is 2.45. The zero-order valence-corrected chi connectivity index (χ0v) is 9.00. The molecule has 0 amide bonds. The van der Waals surface area contributed by atoms with Gasteiger partial charge in [0.25, 0.3) is 0 Å². The number of hydrogen-bond acceptors (Lipinski definition) is 2. The van der Waals surface area contributed by atoms with Crippen LogP contribution in [0.3, 0.4) is 0 Å². The molecule has 0 aromatic carbocycles. The second kappa shape index (κ2) is 5.72. The highest BCUT2D eigenvalue weighted by atomic mass is 16.5. The molecule has 2 heteroatoms. The summed E-state index contributed by atoms with van der Waals surface area (Å²) in [6.45, 7) is 4.42. The van der Waals surface area contributed by atoms with E-state index in [2.05, 4.69) is 11.7 Å². The Bertz CT molecular complexity index is 130. The zero-order chi connectivity index (χ0) is 9.64. The molecule has 0 saturated carbocycles. The molecule has 2 aliphatic rings. The van der Waals surface area contributed by atoms with Crippen molar-refractivity contribution >= 4 is 0 Å². The minimum absolute atomic E-state index is 0.888. The molecule has 2 fully saturated rings. The molecular formula is C12H22NO. The normalized spacial score (nSPS) is 26.6. The molecule has 0 spiro atoms. The van der Waals surface area contributed by atoms with Gasteiger partial charge < -0.3 is 10.1 Å². The highest BCUT2D eigenvalue weighted by molar-refractivity contribution is 4.83. The molecule has 1 radical (unpaired) electrons. The molecule has 0 aromatic rings. The first-order chi connectivity index (χ1) is 6.95. The Balaban J connectivity index is 1.60. The van der Waals surface area contributed by atoms with Crippen LogP contribution in [0.5, 0.6) is 0 Å². The smallest absolute Gasteiger partial charge is 0.0468 e. The van der Waals surface area contributed by atoms with E-state index in [-0.39, 0.29) is 0 Å². The quantitative estimate of drug-likeness (QED) is 0.745. The van der Waals surface area contributed by atoms with Gasteiger partial charge in [0.15, 0.2) is 0 Å². The summed E-state index contributed by atoms with van der Waals surface area (Å²) in [6, 6.07) is 0. The van der Waals surface area contributed by atoms with E-state index in [1.54, 1.807) is 0 Å². The molecule has 2 aliphatic heterocycles. The Morgan fingerprint density at radius 3 is 2.50 bits per heavy atom. The van der Waals surface area contributed by atoms with Gasteiger partial charge in [0.2, 0.25) is 0 Å². The highest BCUT2D eigenvalue weighted by Crippen LogP contribution is 2.25. The van der Waals surface area contributed by atoms with E-state index in [9.17, 15) is 0 Å². The van der Waals surface area contributed by atoms with E-state index < -0.39 is 0 Å². The number of piperidine rings is 1. The first-order valence-electron chi connectivity index (χ1n) is 6.07. The Labute approximate surface area is 87.4 Å². The van der Waals surface area contributed by atoms with Crippen molar-refractivity contribution in [1.82, 2.24) is 5.32 Å². The van der Waals surface area contributed by atoms with Crippen LogP contribution in [-0.4, -0.2) is 26.3 Å². The first kappa shape index (κ1) is 10.4. The molecule has 14 heavy (non-hydrogen) atoms. The maximum atomic E-state index is 5.37. The third-order valence-corrected chi connectivity index (χ3v) is 3.53. The van der Waals surface area contributed by atoms with Crippen LogP contribution < -0.4 is 5.32 Å². The Kier molecular flexibility index (Phi) is 4.26. The summed E-state index contributed by atoms with van der Waals surface area (Å²) >= 11 is 0. The van der Waals surface area contributed by atoms with Crippen LogP contribution in [0.4, 0.5) is 0 Å². The van der Waals surface area contributed by atoms with Crippen molar-refractivity contribution in [3.05, 3.63) is 6.42 Å². The lowest BCUT2D eigenvalue weighted by atomic mass is 9.87. The molecule has 0 aliphatic carbocycles. The first-order valence-corrected chi connectivity index (χ1v) is 6.07. The molecule has 2 rings (SSSR count). The summed E-state index contributed by atoms with van der Waals surface area (Å²) in [5, 5.41) is 3.41. The number of nitrogens with one attached hydrogen (secondary N) is 1. The van der Waals surface area contributed by atoms with Gasteiger partial charge in [-0.3, -0.25) is 0 Å². The minimum atomic E-state index is 0.888. The maximum absolute atomic E-state index is 5.37. The third-order valence-electron chi connectivity index (χ3n) is 3.53. The SMILES string of the molecule is [CH](CC1CCOCC1)C1CCNCC1. The Hall–Kier alpha value is -0.0800. The lowest BCUT2D eigenvalue weighted by molar-refractivity contribution is 0.0653. The second-order valence-corrected chi connectivity index (χ2v) is 4.61. The molecule has 0 bridgehead atoms. The number of rotatable bonds is 3. The summed E-state index contributed by atoms with van der Waals surface area (Å²) in [6.07, 6.45) is 9.17. The molecule has 0 unspecified atom stereocenters. The van der Waals surface area contributed by atoms with Gasteiger partial charge >= 0.3 is 0 Å². The van der Waals surface area contributed by atoms with Gasteiger partial charge in [-0.25, -0.2) is 0 Å². The average molecular weight is 196 g/mol. The van der Waals surface area contributed by atoms with Gasteiger partial charge in [0.1, 0.15) is 0 Å². The van der Waals surface area contributed by atoms with Crippen molar-refractivity contribution in [2.75, 3.05) is 26.3 Å². The topological polar surface area (TPSA) is 21.3 Å². The molecular weight excluding hydrogens is 174 g/mol. The van der Waals surface area contributed by atoms with Crippen molar-refractivity contribution in [3.8, 4) is 0 Å². The summed E-state index contributed by atoms with van der Waals surface area (Å²) < 4.78 is 5.37. The van der Waals surface area contributed by atoms with Crippen LogP contribution in [0, 0.1) is 18.3 Å². The van der Waals surface area contributed by atoms with Crippen LogP contribution in [0.2, 0.25) is 0 Å². The van der Waals surface area contributed by atoms with Gasteiger partial charge in [0, 0.05) is 13.2 Å². The van der Waals surface area contributed by atoms with E-state index in [0.29, 0.717) is 0 Å². The second-order valence-electron chi connectivity index (χ2n) is 4.61. The number of hydrogen-bond donors (Lipinski definition) is 1. The van der Waals surface area contributed by atoms with Crippen molar-refractivity contribution < 1.29 is 4.74 Å². The van der Waals surface area contributed by atoms with E-state index in [1.807, 2.05) is 0 Å². The maximum Gasteiger partial charge on any atom is 0.0468 e. The monoisotopic (exact) mass is 196 g/mol. The van der Waals surface area contributed by atoms with Gasteiger partial charge in [-0.1, -0.05) is 0 Å². The van der Waals surface area contributed by atoms with Crippen LogP contribution in [0.25, 0.3) is 0 Å². The molecule has 2 heterocycles. The summed E-state index contributed by atoms with van der Waals surface area (Å²) in [5.41, 5.74) is 0. The fraction of sp³-hybridized carbons (Fsp3) is 0.917. The van der Waals surface area contributed by atoms with Crippen molar-refractivity contribution in [2.24, 2.45) is 11.8 Å². The lowest BCUT2D eigenvalue weighted by Gasteiger charge is -2.26. The largest absolute Gasteiger partial charge is 0.381 e. The minimum Gasteiger partial charge on any atom is -0.381 e. The molecule has 0 aromatic heterocycles. The van der Waals surface area contributed by atoms with Gasteiger partial charge in [-0.05, 0) is 63.5 Å². The molecule has 2 saturated heterocycles. The summed E-state index contributed by atoms with van der Waals surface area (Å²) in [4.78, 5) is 0. The molecule has 1 N–H and O–H groups in total. The van der Waals surface area contributed by atoms with E-state index >= 15 is 0 Å². The molecule has 81 valence electrons. The standard InChI is InChI=1S/C12H22NO/c1(11-3-7-13-8-4-11)2-12-5-9-14-10-6-12/h1,11-13H,2-10H2. The fourth-order valence-electron chi connectivity index (χ4n) is 2.45. The zero-order valence-electron chi connectivity index (χ0n) is 9.00. The predicted octanol–water partition coefficient (Wildman–Crippen LogP) is 2.01. The van der Waals surface area contributed by atoms with Crippen LogP contribution in [0.15, 0.2) is 0 Å². The van der Waals surface area contributed by atoms with Gasteiger partial charge in [0.05, 0.1) is 0 Å². The van der Waals surface area contributed by atoms with E-state index in [4.69, 9.17) is 4.74 Å². The van der Waals surface area contributed by atoms with E-state index in [1.165, 1.54) is 45.2 Å². The van der Waals surface area contributed by atoms with Crippen LogP contribution >= 0.6 is 0 Å². The molecule has 0 atom stereocenters. The van der Waals surface area contributed by atoms with Crippen LogP contribution in [-0.2, 0) is 4.74 Å². The Morgan fingerprint density at radius 2 is 1.79 bits per heavy atom.